The summed E-state index contributed by atoms with van der Waals surface area (Å²) in [5.74, 6) is -1.07. The highest BCUT2D eigenvalue weighted by molar-refractivity contribution is 7.90. The molecule has 30 heavy (non-hydrogen) atoms. The van der Waals surface area contributed by atoms with Gasteiger partial charge in [0.25, 0.3) is 0 Å². The lowest BCUT2D eigenvalue weighted by Crippen LogP contribution is -2.22. The van der Waals surface area contributed by atoms with Crippen LogP contribution in [0, 0.1) is 0 Å². The van der Waals surface area contributed by atoms with Gasteiger partial charge in [-0.05, 0) is 30.3 Å². The number of nitrogens with zero attached hydrogens (tertiary/aromatic N) is 2. The maximum Gasteiger partial charge on any atom is 0.325 e. The molecule has 0 saturated heterocycles. The second-order valence-corrected chi connectivity index (χ2v) is 9.54. The number of sulfone groups is 1. The van der Waals surface area contributed by atoms with Crippen molar-refractivity contribution in [1.29, 1.82) is 0 Å². The second-order valence-electron chi connectivity index (χ2n) is 6.51. The zero-order chi connectivity index (χ0) is 21.5. The summed E-state index contributed by atoms with van der Waals surface area (Å²) in [7, 11) is -2.15. The van der Waals surface area contributed by atoms with Gasteiger partial charge in [-0.15, -0.1) is 0 Å². The molecule has 4 aromatic rings. The number of para-hydroxylation sites is 1. The first-order valence-corrected chi connectivity index (χ1v) is 11.4. The van der Waals surface area contributed by atoms with E-state index in [0.717, 1.165) is 23.0 Å². The van der Waals surface area contributed by atoms with Crippen molar-refractivity contribution in [3.8, 4) is 0 Å². The van der Waals surface area contributed by atoms with Crippen molar-refractivity contribution in [2.75, 3.05) is 13.4 Å². The Labute approximate surface area is 174 Å². The van der Waals surface area contributed by atoms with Crippen molar-refractivity contribution in [2.24, 2.45) is 4.99 Å². The number of hydrogen-bond donors (Lipinski definition) is 0. The number of amides is 1. The van der Waals surface area contributed by atoms with Crippen LogP contribution >= 0.6 is 11.3 Å². The minimum absolute atomic E-state index is 0.0649. The minimum atomic E-state index is -3.41. The van der Waals surface area contributed by atoms with Crippen molar-refractivity contribution in [1.82, 2.24) is 4.57 Å². The van der Waals surface area contributed by atoms with E-state index in [9.17, 15) is 18.0 Å². The highest BCUT2D eigenvalue weighted by atomic mass is 32.2. The number of benzene rings is 2. The van der Waals surface area contributed by atoms with Gasteiger partial charge in [-0.1, -0.05) is 29.5 Å². The van der Waals surface area contributed by atoms with Crippen LogP contribution in [-0.4, -0.2) is 38.2 Å². The summed E-state index contributed by atoms with van der Waals surface area (Å²) in [5.41, 5.74) is 1.13. The fourth-order valence-corrected chi connectivity index (χ4v) is 4.73. The molecule has 0 N–H and O–H groups in total. The Kier molecular flexibility index (Phi) is 5.04. The van der Waals surface area contributed by atoms with E-state index >= 15 is 0 Å². The standard InChI is InChI=1S/C20H16N2O6S2/c1-27-18(23)11-22-14-8-7-13(30(2,25)26)10-17(14)29-20(22)21-19(24)16-9-12-5-3-4-6-15(12)28-16/h3-10H,11H2,1-2H3. The summed E-state index contributed by atoms with van der Waals surface area (Å²) in [6.07, 6.45) is 1.11. The molecule has 0 aliphatic carbocycles. The quantitative estimate of drug-likeness (QED) is 0.448. The van der Waals surface area contributed by atoms with E-state index in [0.29, 0.717) is 15.8 Å². The molecule has 2 aromatic carbocycles. The highest BCUT2D eigenvalue weighted by Gasteiger charge is 2.17. The molecule has 10 heteroatoms. The molecule has 154 valence electrons. The van der Waals surface area contributed by atoms with Gasteiger partial charge in [0.1, 0.15) is 12.1 Å². The maximum absolute atomic E-state index is 12.7. The smallest absolute Gasteiger partial charge is 0.325 e. The second kappa shape index (κ2) is 7.54. The van der Waals surface area contributed by atoms with Gasteiger partial charge in [0.15, 0.2) is 20.4 Å². The summed E-state index contributed by atoms with van der Waals surface area (Å²) < 4.78 is 36.1. The molecule has 0 radical (unpaired) electrons. The molecule has 0 atom stereocenters. The molecule has 4 rings (SSSR count). The highest BCUT2D eigenvalue weighted by Crippen LogP contribution is 2.23. The van der Waals surface area contributed by atoms with Crippen molar-refractivity contribution in [3.63, 3.8) is 0 Å². The van der Waals surface area contributed by atoms with E-state index in [2.05, 4.69) is 4.99 Å². The fraction of sp³-hybridized carbons (Fsp3) is 0.150. The van der Waals surface area contributed by atoms with Crippen LogP contribution in [-0.2, 0) is 25.9 Å². The third-order valence-corrected chi connectivity index (χ3v) is 6.58. The van der Waals surface area contributed by atoms with Crippen molar-refractivity contribution in [2.45, 2.75) is 11.4 Å². The van der Waals surface area contributed by atoms with Crippen LogP contribution in [0.1, 0.15) is 10.6 Å². The van der Waals surface area contributed by atoms with Gasteiger partial charge in [0.05, 0.1) is 22.2 Å². The first-order valence-electron chi connectivity index (χ1n) is 8.74. The van der Waals surface area contributed by atoms with Crippen LogP contribution < -0.4 is 4.80 Å². The minimum Gasteiger partial charge on any atom is -0.468 e. The van der Waals surface area contributed by atoms with E-state index in [4.69, 9.17) is 9.15 Å². The van der Waals surface area contributed by atoms with Crippen LogP contribution in [0.2, 0.25) is 0 Å². The van der Waals surface area contributed by atoms with Gasteiger partial charge < -0.3 is 13.7 Å². The van der Waals surface area contributed by atoms with Crippen LogP contribution in [0.4, 0.5) is 0 Å². The number of furan rings is 1. The number of rotatable bonds is 4. The number of carbonyl (C=O) groups is 2. The Morgan fingerprint density at radius 3 is 2.63 bits per heavy atom. The number of ether oxygens (including phenoxy) is 1. The number of aromatic nitrogens is 1. The van der Waals surface area contributed by atoms with E-state index in [-0.39, 0.29) is 22.0 Å². The van der Waals surface area contributed by atoms with E-state index in [1.165, 1.54) is 23.8 Å². The normalized spacial score (nSPS) is 12.5. The number of methoxy groups -OCH3 is 1. The summed E-state index contributed by atoms with van der Waals surface area (Å²) in [5, 5.41) is 0.771. The average Bonchev–Trinajstić information content (AvgIpc) is 3.28. The Balaban J connectivity index is 1.87. The largest absolute Gasteiger partial charge is 0.468 e. The maximum atomic E-state index is 12.7. The zero-order valence-electron chi connectivity index (χ0n) is 16.0. The van der Waals surface area contributed by atoms with Crippen LogP contribution in [0.25, 0.3) is 21.2 Å². The lowest BCUT2D eigenvalue weighted by atomic mass is 10.2. The molecule has 0 aliphatic rings. The first-order chi connectivity index (χ1) is 14.3. The fourth-order valence-electron chi connectivity index (χ4n) is 2.95. The SMILES string of the molecule is COC(=O)Cn1c(=NC(=O)c2cc3ccccc3o2)sc2cc(S(C)(=O)=O)ccc21. The zero-order valence-corrected chi connectivity index (χ0v) is 17.6. The summed E-state index contributed by atoms with van der Waals surface area (Å²) in [6.45, 7) is -0.180. The predicted octanol–water partition coefficient (Wildman–Crippen LogP) is 2.77. The topological polar surface area (TPSA) is 108 Å². The van der Waals surface area contributed by atoms with Crippen LogP contribution in [0.3, 0.4) is 0 Å². The molecule has 0 fully saturated rings. The van der Waals surface area contributed by atoms with Gasteiger partial charge in [-0.25, -0.2) is 8.42 Å². The van der Waals surface area contributed by atoms with E-state index < -0.39 is 21.7 Å². The number of esters is 1. The Morgan fingerprint density at radius 1 is 1.17 bits per heavy atom. The molecule has 0 spiro atoms. The third-order valence-electron chi connectivity index (χ3n) is 4.43. The molecule has 2 aromatic heterocycles. The lowest BCUT2D eigenvalue weighted by molar-refractivity contribution is -0.141. The molecular formula is C20H16N2O6S2. The monoisotopic (exact) mass is 444 g/mol. The van der Waals surface area contributed by atoms with Gasteiger partial charge in [0.2, 0.25) is 0 Å². The molecule has 8 nitrogen and oxygen atoms in total. The lowest BCUT2D eigenvalue weighted by Gasteiger charge is -2.04. The van der Waals surface area contributed by atoms with Gasteiger partial charge >= 0.3 is 11.9 Å². The van der Waals surface area contributed by atoms with Gasteiger partial charge in [0, 0.05) is 11.6 Å². The molecule has 0 bridgehead atoms. The molecular weight excluding hydrogens is 428 g/mol. The van der Waals surface area contributed by atoms with Crippen LogP contribution in [0.5, 0.6) is 0 Å². The molecule has 0 unspecified atom stereocenters. The third kappa shape index (κ3) is 3.79. The molecule has 1 amide bonds. The number of hydrogen-bond acceptors (Lipinski definition) is 7. The summed E-state index contributed by atoms with van der Waals surface area (Å²) in [6, 6.07) is 13.3. The van der Waals surface area contributed by atoms with Crippen molar-refractivity contribution < 1.29 is 27.2 Å². The molecule has 2 heterocycles. The molecule has 0 aliphatic heterocycles. The Morgan fingerprint density at radius 2 is 1.93 bits per heavy atom. The number of fused-ring (bicyclic) bond motifs is 2. The predicted molar refractivity (Wildman–Crippen MR) is 111 cm³/mol. The van der Waals surface area contributed by atoms with Crippen molar-refractivity contribution in [3.05, 3.63) is 59.1 Å². The number of carbonyl (C=O) groups excluding carboxylic acids is 2. The Hall–Kier alpha value is -3.24. The van der Waals surface area contributed by atoms with Crippen LogP contribution in [0.15, 0.2) is 62.8 Å². The first kappa shape index (κ1) is 20.0. The van der Waals surface area contributed by atoms with Gasteiger partial charge in [-0.2, -0.15) is 4.99 Å². The van der Waals surface area contributed by atoms with E-state index in [1.807, 2.05) is 12.1 Å². The number of thiazole rings is 1. The van der Waals surface area contributed by atoms with Gasteiger partial charge in [-0.3, -0.25) is 9.59 Å². The summed E-state index contributed by atoms with van der Waals surface area (Å²) in [4.78, 5) is 29.1. The van der Waals surface area contributed by atoms with Crippen molar-refractivity contribution >= 4 is 54.2 Å². The summed E-state index contributed by atoms with van der Waals surface area (Å²) >= 11 is 1.10. The molecule has 0 saturated carbocycles. The average molecular weight is 444 g/mol. The van der Waals surface area contributed by atoms with E-state index in [1.54, 1.807) is 24.3 Å². The Bertz CT molecular complexity index is 1440.